The molecule has 0 aliphatic rings. The SMILES string of the molecule is N#Cc1ccc(NCCc2ccccn2)nc1. The third-order valence-electron chi connectivity index (χ3n) is 2.31. The quantitative estimate of drug-likeness (QED) is 0.862. The van der Waals surface area contributed by atoms with Gasteiger partial charge in [-0.05, 0) is 24.3 Å². The van der Waals surface area contributed by atoms with E-state index < -0.39 is 0 Å². The Morgan fingerprint density at radius 2 is 2.12 bits per heavy atom. The van der Waals surface area contributed by atoms with Gasteiger partial charge in [-0.15, -0.1) is 0 Å². The van der Waals surface area contributed by atoms with E-state index in [4.69, 9.17) is 5.26 Å². The summed E-state index contributed by atoms with van der Waals surface area (Å²) in [4.78, 5) is 8.36. The van der Waals surface area contributed by atoms with E-state index >= 15 is 0 Å². The standard InChI is InChI=1S/C13H12N4/c14-9-11-4-5-13(17-10-11)16-8-6-12-3-1-2-7-15-12/h1-5,7,10H,6,8H2,(H,16,17). The summed E-state index contributed by atoms with van der Waals surface area (Å²) in [5, 5.41) is 11.8. The number of nitrogens with one attached hydrogen (secondary N) is 1. The molecular weight excluding hydrogens is 212 g/mol. The molecule has 0 bridgehead atoms. The fourth-order valence-electron chi connectivity index (χ4n) is 1.43. The van der Waals surface area contributed by atoms with Gasteiger partial charge in [0.05, 0.1) is 5.56 Å². The summed E-state index contributed by atoms with van der Waals surface area (Å²) in [5.74, 6) is 0.778. The van der Waals surface area contributed by atoms with Crippen LogP contribution in [0.4, 0.5) is 5.82 Å². The van der Waals surface area contributed by atoms with E-state index in [0.717, 1.165) is 24.5 Å². The number of nitrogens with zero attached hydrogens (tertiary/aromatic N) is 3. The molecular formula is C13H12N4. The fraction of sp³-hybridized carbons (Fsp3) is 0.154. The van der Waals surface area contributed by atoms with Crippen LogP contribution in [0.25, 0.3) is 0 Å². The highest BCUT2D eigenvalue weighted by molar-refractivity contribution is 5.38. The van der Waals surface area contributed by atoms with Crippen molar-refractivity contribution in [2.24, 2.45) is 0 Å². The Morgan fingerprint density at radius 1 is 1.18 bits per heavy atom. The zero-order valence-electron chi connectivity index (χ0n) is 9.30. The van der Waals surface area contributed by atoms with Crippen LogP contribution in [-0.4, -0.2) is 16.5 Å². The molecule has 0 saturated carbocycles. The largest absolute Gasteiger partial charge is 0.370 e. The van der Waals surface area contributed by atoms with E-state index in [1.54, 1.807) is 24.5 Å². The second kappa shape index (κ2) is 5.61. The number of hydrogen-bond acceptors (Lipinski definition) is 4. The van der Waals surface area contributed by atoms with Gasteiger partial charge in [-0.25, -0.2) is 4.98 Å². The molecule has 4 heteroatoms. The Labute approximate surface area is 100.0 Å². The van der Waals surface area contributed by atoms with Crippen LogP contribution in [-0.2, 0) is 6.42 Å². The van der Waals surface area contributed by atoms with Gasteiger partial charge >= 0.3 is 0 Å². The van der Waals surface area contributed by atoms with Crippen LogP contribution in [0.15, 0.2) is 42.7 Å². The number of nitriles is 1. The van der Waals surface area contributed by atoms with Gasteiger partial charge in [-0.1, -0.05) is 6.07 Å². The van der Waals surface area contributed by atoms with E-state index in [2.05, 4.69) is 15.3 Å². The third kappa shape index (κ3) is 3.28. The molecule has 2 rings (SSSR count). The first-order valence-corrected chi connectivity index (χ1v) is 5.38. The lowest BCUT2D eigenvalue weighted by Crippen LogP contribution is -2.06. The topological polar surface area (TPSA) is 61.6 Å². The van der Waals surface area contributed by atoms with Crippen molar-refractivity contribution in [1.82, 2.24) is 9.97 Å². The molecule has 4 nitrogen and oxygen atoms in total. The summed E-state index contributed by atoms with van der Waals surface area (Å²) >= 11 is 0. The highest BCUT2D eigenvalue weighted by Gasteiger charge is 1.96. The minimum Gasteiger partial charge on any atom is -0.370 e. The van der Waals surface area contributed by atoms with E-state index in [-0.39, 0.29) is 0 Å². The highest BCUT2D eigenvalue weighted by atomic mass is 15.0. The molecule has 1 N–H and O–H groups in total. The van der Waals surface area contributed by atoms with Crippen molar-refractivity contribution in [3.05, 3.63) is 54.0 Å². The van der Waals surface area contributed by atoms with Crippen molar-refractivity contribution in [2.45, 2.75) is 6.42 Å². The Balaban J connectivity index is 1.84. The molecule has 0 aromatic carbocycles. The van der Waals surface area contributed by atoms with Gasteiger partial charge in [0.15, 0.2) is 0 Å². The lowest BCUT2D eigenvalue weighted by molar-refractivity contribution is 0.954. The maximum atomic E-state index is 8.63. The van der Waals surface area contributed by atoms with E-state index in [1.807, 2.05) is 24.3 Å². The van der Waals surface area contributed by atoms with Crippen molar-refractivity contribution >= 4 is 5.82 Å². The number of aromatic nitrogens is 2. The lowest BCUT2D eigenvalue weighted by atomic mass is 10.2. The van der Waals surface area contributed by atoms with E-state index in [9.17, 15) is 0 Å². The summed E-state index contributed by atoms with van der Waals surface area (Å²) in [6, 6.07) is 11.5. The summed E-state index contributed by atoms with van der Waals surface area (Å²) in [5.41, 5.74) is 1.62. The average Bonchev–Trinajstić information content (AvgIpc) is 2.41. The highest BCUT2D eigenvalue weighted by Crippen LogP contribution is 2.04. The Kier molecular flexibility index (Phi) is 3.66. The molecule has 0 spiro atoms. The Hall–Kier alpha value is -2.41. The van der Waals surface area contributed by atoms with Crippen LogP contribution < -0.4 is 5.32 Å². The zero-order valence-corrected chi connectivity index (χ0v) is 9.30. The predicted molar refractivity (Wildman–Crippen MR) is 65.4 cm³/mol. The minimum atomic E-state index is 0.570. The fourth-order valence-corrected chi connectivity index (χ4v) is 1.43. The molecule has 0 aliphatic heterocycles. The molecule has 0 unspecified atom stereocenters. The molecule has 0 radical (unpaired) electrons. The number of pyridine rings is 2. The first-order chi connectivity index (χ1) is 8.38. The number of hydrogen-bond donors (Lipinski definition) is 1. The summed E-state index contributed by atoms with van der Waals surface area (Å²) < 4.78 is 0. The third-order valence-corrected chi connectivity index (χ3v) is 2.31. The van der Waals surface area contributed by atoms with Crippen molar-refractivity contribution in [2.75, 3.05) is 11.9 Å². The maximum absolute atomic E-state index is 8.63. The van der Waals surface area contributed by atoms with Crippen LogP contribution in [0.3, 0.4) is 0 Å². The molecule has 17 heavy (non-hydrogen) atoms. The lowest BCUT2D eigenvalue weighted by Gasteiger charge is -2.04. The molecule has 84 valence electrons. The molecule has 0 amide bonds. The van der Waals surface area contributed by atoms with Crippen LogP contribution in [0.2, 0.25) is 0 Å². The predicted octanol–water partition coefficient (Wildman–Crippen LogP) is 2.00. The maximum Gasteiger partial charge on any atom is 0.125 e. The molecule has 2 aromatic rings. The first kappa shape index (κ1) is 11.1. The van der Waals surface area contributed by atoms with Gasteiger partial charge in [-0.2, -0.15) is 5.26 Å². The van der Waals surface area contributed by atoms with Gasteiger partial charge in [0.25, 0.3) is 0 Å². The summed E-state index contributed by atoms with van der Waals surface area (Å²) in [6.45, 7) is 0.774. The van der Waals surface area contributed by atoms with Crippen molar-refractivity contribution in [3.63, 3.8) is 0 Å². The first-order valence-electron chi connectivity index (χ1n) is 5.38. The Morgan fingerprint density at radius 3 is 2.76 bits per heavy atom. The van der Waals surface area contributed by atoms with Gasteiger partial charge < -0.3 is 5.32 Å². The minimum absolute atomic E-state index is 0.570. The molecule has 0 aliphatic carbocycles. The average molecular weight is 224 g/mol. The van der Waals surface area contributed by atoms with Crippen molar-refractivity contribution < 1.29 is 0 Å². The number of rotatable bonds is 4. The molecule has 2 heterocycles. The van der Waals surface area contributed by atoms with Crippen LogP contribution in [0.5, 0.6) is 0 Å². The van der Waals surface area contributed by atoms with Gasteiger partial charge in [0.1, 0.15) is 11.9 Å². The monoisotopic (exact) mass is 224 g/mol. The summed E-state index contributed by atoms with van der Waals surface area (Å²) in [7, 11) is 0. The van der Waals surface area contributed by atoms with Gasteiger partial charge in [0, 0.05) is 31.1 Å². The van der Waals surface area contributed by atoms with E-state index in [0.29, 0.717) is 5.56 Å². The molecule has 0 atom stereocenters. The second-order valence-electron chi connectivity index (χ2n) is 3.54. The van der Waals surface area contributed by atoms with Crippen LogP contribution in [0, 0.1) is 11.3 Å². The molecule has 0 fully saturated rings. The normalized spacial score (nSPS) is 9.59. The smallest absolute Gasteiger partial charge is 0.125 e. The van der Waals surface area contributed by atoms with Gasteiger partial charge in [0.2, 0.25) is 0 Å². The van der Waals surface area contributed by atoms with Crippen molar-refractivity contribution in [1.29, 1.82) is 5.26 Å². The molecule has 0 saturated heterocycles. The number of anilines is 1. The van der Waals surface area contributed by atoms with Crippen LogP contribution >= 0.6 is 0 Å². The van der Waals surface area contributed by atoms with Crippen LogP contribution in [0.1, 0.15) is 11.3 Å². The summed E-state index contributed by atoms with van der Waals surface area (Å²) in [6.07, 6.45) is 4.20. The zero-order chi connectivity index (χ0) is 11.9. The molecule has 2 aromatic heterocycles. The second-order valence-corrected chi connectivity index (χ2v) is 3.54. The van der Waals surface area contributed by atoms with E-state index in [1.165, 1.54) is 0 Å². The van der Waals surface area contributed by atoms with Gasteiger partial charge in [-0.3, -0.25) is 4.98 Å². The van der Waals surface area contributed by atoms with Crippen molar-refractivity contribution in [3.8, 4) is 6.07 Å². The Bertz CT molecular complexity index is 499.